The number of benzene rings is 2. The Balaban J connectivity index is 0.000000306. The number of hydrogen-bond donors (Lipinski definition) is 1. The summed E-state index contributed by atoms with van der Waals surface area (Å²) >= 11 is 0. The monoisotopic (exact) mass is 257 g/mol. The zero-order chi connectivity index (χ0) is 14.6. The normalized spacial score (nSPS) is 9.53. The Morgan fingerprint density at radius 3 is 1.11 bits per heavy atom. The molecule has 2 aromatic carbocycles. The molecule has 0 radical (unpaired) electrons. The van der Waals surface area contributed by atoms with Crippen molar-refractivity contribution >= 4 is 0 Å². The average Bonchev–Trinajstić information content (AvgIpc) is 2.42. The van der Waals surface area contributed by atoms with Crippen LogP contribution in [0.15, 0.2) is 66.7 Å². The van der Waals surface area contributed by atoms with Gasteiger partial charge in [0.1, 0.15) is 0 Å². The molecule has 2 rings (SSSR count). The molecule has 0 bridgehead atoms. The zero-order valence-corrected chi connectivity index (χ0v) is 12.9. The molecule has 0 saturated carbocycles. The lowest BCUT2D eigenvalue weighted by atomic mass is 9.87. The highest BCUT2D eigenvalue weighted by atomic mass is 14.7. The molecule has 1 N–H and O–H groups in total. The lowest BCUT2D eigenvalue weighted by Gasteiger charge is -2.18. The molecule has 0 amide bonds. The summed E-state index contributed by atoms with van der Waals surface area (Å²) in [4.78, 5) is 0. The van der Waals surface area contributed by atoms with Crippen LogP contribution < -0.4 is 5.32 Å². The van der Waals surface area contributed by atoms with Gasteiger partial charge in [-0.3, -0.25) is 0 Å². The van der Waals surface area contributed by atoms with E-state index < -0.39 is 0 Å². The summed E-state index contributed by atoms with van der Waals surface area (Å²) in [5.41, 5.74) is 1.69. The van der Waals surface area contributed by atoms with E-state index in [2.05, 4.69) is 56.4 Å². The first-order valence-corrected chi connectivity index (χ1v) is 6.66. The summed E-state index contributed by atoms with van der Waals surface area (Å²) in [7, 11) is 3.75. The summed E-state index contributed by atoms with van der Waals surface area (Å²) in [6, 6.07) is 22.6. The summed E-state index contributed by atoms with van der Waals surface area (Å²) < 4.78 is 0. The van der Waals surface area contributed by atoms with Gasteiger partial charge < -0.3 is 5.32 Å². The van der Waals surface area contributed by atoms with Crippen molar-refractivity contribution in [2.24, 2.45) is 0 Å². The fourth-order valence-corrected chi connectivity index (χ4v) is 1.32. The molecule has 0 aromatic heterocycles. The van der Waals surface area contributed by atoms with E-state index in [-0.39, 0.29) is 0 Å². The first-order valence-electron chi connectivity index (χ1n) is 6.66. The number of hydrogen-bond acceptors (Lipinski definition) is 1. The molecule has 2 aromatic rings. The van der Waals surface area contributed by atoms with Crippen LogP contribution in [-0.2, 0) is 5.41 Å². The summed E-state index contributed by atoms with van der Waals surface area (Å²) in [5.74, 6) is 0. The first kappa shape index (κ1) is 17.4. The third-order valence-corrected chi connectivity index (χ3v) is 2.31. The van der Waals surface area contributed by atoms with E-state index in [1.165, 1.54) is 5.56 Å². The van der Waals surface area contributed by atoms with E-state index in [0.717, 1.165) is 0 Å². The van der Waals surface area contributed by atoms with Crippen molar-refractivity contribution in [3.63, 3.8) is 0 Å². The summed E-state index contributed by atoms with van der Waals surface area (Å²) in [6.07, 6.45) is 0. The average molecular weight is 257 g/mol. The summed E-state index contributed by atoms with van der Waals surface area (Å²) in [5, 5.41) is 2.75. The molecule has 0 fully saturated rings. The van der Waals surface area contributed by atoms with Gasteiger partial charge in [-0.2, -0.15) is 0 Å². The second-order valence-corrected chi connectivity index (χ2v) is 5.27. The molecule has 0 aliphatic carbocycles. The van der Waals surface area contributed by atoms with Gasteiger partial charge in [-0.05, 0) is 25.1 Å². The second-order valence-electron chi connectivity index (χ2n) is 5.27. The fourth-order valence-electron chi connectivity index (χ4n) is 1.32. The molecule has 0 heterocycles. The minimum atomic E-state index is 0.293. The topological polar surface area (TPSA) is 12.0 Å². The van der Waals surface area contributed by atoms with E-state index in [4.69, 9.17) is 0 Å². The van der Waals surface area contributed by atoms with Gasteiger partial charge in [0.25, 0.3) is 0 Å². The predicted molar refractivity (Wildman–Crippen MR) is 86.6 cm³/mol. The SMILES string of the molecule is CC(C)(C)c1ccccc1.CNC.c1ccccc1. The minimum Gasteiger partial charge on any atom is -0.323 e. The molecule has 0 aliphatic rings. The fraction of sp³-hybridized carbons (Fsp3) is 0.333. The molecular weight excluding hydrogens is 230 g/mol. The molecule has 104 valence electrons. The smallest absolute Gasteiger partial charge is 0.0132 e. The Labute approximate surface area is 118 Å². The van der Waals surface area contributed by atoms with E-state index in [1.807, 2.05) is 50.5 Å². The van der Waals surface area contributed by atoms with Crippen LogP contribution in [0.25, 0.3) is 0 Å². The van der Waals surface area contributed by atoms with Crippen LogP contribution in [0.4, 0.5) is 0 Å². The Morgan fingerprint density at radius 1 is 0.632 bits per heavy atom. The highest BCUT2D eigenvalue weighted by molar-refractivity contribution is 5.21. The lowest BCUT2D eigenvalue weighted by molar-refractivity contribution is 0.590. The quantitative estimate of drug-likeness (QED) is 0.732. The van der Waals surface area contributed by atoms with Crippen molar-refractivity contribution in [3.8, 4) is 0 Å². The third kappa shape index (κ3) is 10.0. The van der Waals surface area contributed by atoms with Crippen LogP contribution in [0.5, 0.6) is 0 Å². The Hall–Kier alpha value is -1.60. The Morgan fingerprint density at radius 2 is 0.895 bits per heavy atom. The zero-order valence-electron chi connectivity index (χ0n) is 12.9. The lowest BCUT2D eigenvalue weighted by Crippen LogP contribution is -2.10. The molecule has 0 atom stereocenters. The molecule has 0 aliphatic heterocycles. The van der Waals surface area contributed by atoms with E-state index in [1.54, 1.807) is 0 Å². The van der Waals surface area contributed by atoms with E-state index >= 15 is 0 Å². The van der Waals surface area contributed by atoms with Crippen molar-refractivity contribution < 1.29 is 0 Å². The summed E-state index contributed by atoms with van der Waals surface area (Å²) in [6.45, 7) is 6.67. The molecule has 0 spiro atoms. The largest absolute Gasteiger partial charge is 0.323 e. The predicted octanol–water partition coefficient (Wildman–Crippen LogP) is 4.51. The van der Waals surface area contributed by atoms with Crippen LogP contribution >= 0.6 is 0 Å². The van der Waals surface area contributed by atoms with Gasteiger partial charge in [0.2, 0.25) is 0 Å². The standard InChI is InChI=1S/C10H14.C6H6.C2H7N/c1-10(2,3)9-7-5-4-6-8-9;1-2-4-6-5-3-1;1-3-2/h4-8H,1-3H3;1-6H;3H,1-2H3. The van der Waals surface area contributed by atoms with Crippen LogP contribution in [0, 0.1) is 0 Å². The maximum atomic E-state index is 2.75. The van der Waals surface area contributed by atoms with E-state index in [9.17, 15) is 0 Å². The number of nitrogens with one attached hydrogen (secondary N) is 1. The Kier molecular flexibility index (Phi) is 9.46. The van der Waals surface area contributed by atoms with Gasteiger partial charge in [-0.25, -0.2) is 0 Å². The van der Waals surface area contributed by atoms with Gasteiger partial charge in [0, 0.05) is 0 Å². The molecule has 19 heavy (non-hydrogen) atoms. The van der Waals surface area contributed by atoms with Gasteiger partial charge in [0.15, 0.2) is 0 Å². The molecular formula is C18H27N. The molecule has 1 heteroatoms. The highest BCUT2D eigenvalue weighted by Gasteiger charge is 2.11. The maximum absolute atomic E-state index is 2.75. The highest BCUT2D eigenvalue weighted by Crippen LogP contribution is 2.20. The van der Waals surface area contributed by atoms with Gasteiger partial charge in [-0.15, -0.1) is 0 Å². The van der Waals surface area contributed by atoms with Crippen molar-refractivity contribution in [3.05, 3.63) is 72.3 Å². The van der Waals surface area contributed by atoms with Gasteiger partial charge >= 0.3 is 0 Å². The minimum absolute atomic E-state index is 0.293. The van der Waals surface area contributed by atoms with Gasteiger partial charge in [0.05, 0.1) is 0 Å². The number of rotatable bonds is 0. The first-order chi connectivity index (χ1) is 9.02. The van der Waals surface area contributed by atoms with Gasteiger partial charge in [-0.1, -0.05) is 87.5 Å². The molecule has 0 unspecified atom stereocenters. The van der Waals surface area contributed by atoms with Crippen molar-refractivity contribution in [2.75, 3.05) is 14.1 Å². The van der Waals surface area contributed by atoms with Crippen LogP contribution in [0.2, 0.25) is 0 Å². The molecule has 1 nitrogen and oxygen atoms in total. The van der Waals surface area contributed by atoms with Crippen molar-refractivity contribution in [1.29, 1.82) is 0 Å². The van der Waals surface area contributed by atoms with Crippen molar-refractivity contribution in [1.82, 2.24) is 5.32 Å². The van der Waals surface area contributed by atoms with Crippen LogP contribution in [0.1, 0.15) is 26.3 Å². The second kappa shape index (κ2) is 10.3. The maximum Gasteiger partial charge on any atom is -0.0132 e. The van der Waals surface area contributed by atoms with Crippen LogP contribution in [0.3, 0.4) is 0 Å². The Bertz CT molecular complexity index is 360. The van der Waals surface area contributed by atoms with E-state index in [0.29, 0.717) is 5.41 Å². The third-order valence-electron chi connectivity index (χ3n) is 2.31. The molecule has 0 saturated heterocycles. The van der Waals surface area contributed by atoms with Crippen LogP contribution in [-0.4, -0.2) is 14.1 Å². The van der Waals surface area contributed by atoms with Crippen molar-refractivity contribution in [2.45, 2.75) is 26.2 Å².